The molecule has 1 unspecified atom stereocenters. The average molecular weight is 397 g/mol. The van der Waals surface area contributed by atoms with E-state index in [4.69, 9.17) is 19.4 Å². The fourth-order valence-electron chi connectivity index (χ4n) is 3.40. The highest BCUT2D eigenvalue weighted by atomic mass is 16.6. The van der Waals surface area contributed by atoms with Gasteiger partial charge in [0.05, 0.1) is 25.9 Å². The lowest BCUT2D eigenvalue weighted by molar-refractivity contribution is -0.123. The molecule has 10 heteroatoms. The van der Waals surface area contributed by atoms with Gasteiger partial charge in [-0.25, -0.2) is 4.98 Å². The molecular weight excluding hydrogens is 366 g/mol. The Labute approximate surface area is 165 Å². The first-order valence-electron chi connectivity index (χ1n) is 9.80. The van der Waals surface area contributed by atoms with Gasteiger partial charge in [0.15, 0.2) is 0 Å². The molecule has 2 fully saturated rings. The van der Waals surface area contributed by atoms with Crippen LogP contribution in [0.1, 0.15) is 25.7 Å². The molecule has 3 rings (SSSR count). The number of aromatic nitrogens is 3. The van der Waals surface area contributed by atoms with E-state index >= 15 is 0 Å². The van der Waals surface area contributed by atoms with Crippen LogP contribution < -0.4 is 5.32 Å². The van der Waals surface area contributed by atoms with Gasteiger partial charge in [0.2, 0.25) is 5.91 Å². The summed E-state index contributed by atoms with van der Waals surface area (Å²) < 4.78 is 12.9. The van der Waals surface area contributed by atoms with Gasteiger partial charge in [0.25, 0.3) is 6.47 Å². The van der Waals surface area contributed by atoms with E-state index < -0.39 is 0 Å². The standard InChI is InChI=1S/C17H29N5O3.CH2O2/c23-17(2-1-5-22-14-18-13-20-22)19-10-15-3-6-21(7-4-15)11-16-12-24-8-9-25-16;2-1-3/h13-16H,1-12H2,(H,19,23);1H,(H,2,3). The number of ether oxygens (including phenoxy) is 2. The van der Waals surface area contributed by atoms with E-state index in [1.165, 1.54) is 6.33 Å². The second-order valence-corrected chi connectivity index (χ2v) is 6.98. The zero-order chi connectivity index (χ0) is 20.0. The Hall–Kier alpha value is -2.04. The summed E-state index contributed by atoms with van der Waals surface area (Å²) in [6.07, 6.45) is 7.00. The summed E-state index contributed by atoms with van der Waals surface area (Å²) in [4.78, 5) is 26.7. The molecular formula is C18H31N5O5. The molecule has 0 bridgehead atoms. The normalized spacial score (nSPS) is 20.8. The van der Waals surface area contributed by atoms with Crippen LogP contribution in [0.4, 0.5) is 0 Å². The maximum atomic E-state index is 11.9. The van der Waals surface area contributed by atoms with Crippen LogP contribution in [0.25, 0.3) is 0 Å². The fraction of sp³-hybridized carbons (Fsp3) is 0.778. The summed E-state index contributed by atoms with van der Waals surface area (Å²) in [6.45, 7) is 6.53. The first-order valence-corrected chi connectivity index (χ1v) is 9.80. The minimum Gasteiger partial charge on any atom is -0.483 e. The molecule has 0 aromatic carbocycles. The van der Waals surface area contributed by atoms with Gasteiger partial charge in [-0.2, -0.15) is 5.10 Å². The highest BCUT2D eigenvalue weighted by Gasteiger charge is 2.23. The highest BCUT2D eigenvalue weighted by molar-refractivity contribution is 5.75. The van der Waals surface area contributed by atoms with Crippen molar-refractivity contribution in [2.24, 2.45) is 5.92 Å². The molecule has 2 aliphatic rings. The summed E-state index contributed by atoms with van der Waals surface area (Å²) in [5.41, 5.74) is 0. The first kappa shape index (κ1) is 22.3. The van der Waals surface area contributed by atoms with Crippen LogP contribution in [0.3, 0.4) is 0 Å². The molecule has 1 aromatic heterocycles. The van der Waals surface area contributed by atoms with Crippen LogP contribution in [0.5, 0.6) is 0 Å². The maximum Gasteiger partial charge on any atom is 0.290 e. The van der Waals surface area contributed by atoms with E-state index in [1.807, 2.05) is 0 Å². The third-order valence-electron chi connectivity index (χ3n) is 4.90. The number of piperidine rings is 1. The molecule has 1 aromatic rings. The molecule has 3 heterocycles. The van der Waals surface area contributed by atoms with Crippen LogP contribution in [0.15, 0.2) is 12.7 Å². The topological polar surface area (TPSA) is 119 Å². The molecule has 2 aliphatic heterocycles. The van der Waals surface area contributed by atoms with Crippen LogP contribution in [0.2, 0.25) is 0 Å². The molecule has 0 spiro atoms. The Balaban J connectivity index is 0.000000878. The van der Waals surface area contributed by atoms with E-state index in [1.54, 1.807) is 11.0 Å². The van der Waals surface area contributed by atoms with E-state index in [2.05, 4.69) is 20.3 Å². The van der Waals surface area contributed by atoms with Gasteiger partial charge in [0, 0.05) is 26.1 Å². The Morgan fingerprint density at radius 1 is 1.32 bits per heavy atom. The lowest BCUT2D eigenvalue weighted by Gasteiger charge is -2.35. The van der Waals surface area contributed by atoms with Gasteiger partial charge in [-0.15, -0.1) is 0 Å². The number of carbonyl (C=O) groups is 2. The number of nitrogens with one attached hydrogen (secondary N) is 1. The number of hydrogen-bond acceptors (Lipinski definition) is 7. The summed E-state index contributed by atoms with van der Waals surface area (Å²) in [5, 5.41) is 14.0. The van der Waals surface area contributed by atoms with Crippen molar-refractivity contribution in [3.63, 3.8) is 0 Å². The minimum atomic E-state index is -0.250. The quantitative estimate of drug-likeness (QED) is 0.589. The second-order valence-electron chi connectivity index (χ2n) is 6.98. The third-order valence-corrected chi connectivity index (χ3v) is 4.90. The summed E-state index contributed by atoms with van der Waals surface area (Å²) >= 11 is 0. The summed E-state index contributed by atoms with van der Waals surface area (Å²) in [7, 11) is 0. The molecule has 1 atom stereocenters. The molecule has 158 valence electrons. The number of amides is 1. The monoisotopic (exact) mass is 397 g/mol. The molecule has 1 amide bonds. The Kier molecular flexibility index (Phi) is 10.5. The summed E-state index contributed by atoms with van der Waals surface area (Å²) in [5.74, 6) is 0.717. The second kappa shape index (κ2) is 13.2. The number of carbonyl (C=O) groups excluding carboxylic acids is 1. The van der Waals surface area contributed by atoms with Crippen LogP contribution in [-0.2, 0) is 25.6 Å². The van der Waals surface area contributed by atoms with Crippen LogP contribution >= 0.6 is 0 Å². The summed E-state index contributed by atoms with van der Waals surface area (Å²) in [6, 6.07) is 0. The molecule has 0 radical (unpaired) electrons. The Morgan fingerprint density at radius 3 is 2.75 bits per heavy atom. The van der Waals surface area contributed by atoms with Crippen molar-refractivity contribution in [2.45, 2.75) is 38.3 Å². The molecule has 28 heavy (non-hydrogen) atoms. The average Bonchev–Trinajstić information content (AvgIpc) is 3.22. The molecule has 0 saturated carbocycles. The zero-order valence-corrected chi connectivity index (χ0v) is 16.2. The van der Waals surface area contributed by atoms with Gasteiger partial charge < -0.3 is 24.8 Å². The number of rotatable bonds is 8. The van der Waals surface area contributed by atoms with Crippen molar-refractivity contribution in [1.29, 1.82) is 0 Å². The predicted molar refractivity (Wildman–Crippen MR) is 101 cm³/mol. The van der Waals surface area contributed by atoms with Gasteiger partial charge in [-0.05, 0) is 38.3 Å². The van der Waals surface area contributed by atoms with Gasteiger partial charge in [0.1, 0.15) is 12.7 Å². The van der Waals surface area contributed by atoms with Gasteiger partial charge >= 0.3 is 0 Å². The number of likely N-dealkylation sites (tertiary alicyclic amines) is 1. The van der Waals surface area contributed by atoms with Crippen molar-refractivity contribution in [3.8, 4) is 0 Å². The van der Waals surface area contributed by atoms with Crippen molar-refractivity contribution >= 4 is 12.4 Å². The third kappa shape index (κ3) is 8.77. The van der Waals surface area contributed by atoms with Crippen molar-refractivity contribution in [2.75, 3.05) is 46.0 Å². The minimum absolute atomic E-state index is 0.135. The van der Waals surface area contributed by atoms with Gasteiger partial charge in [-0.3, -0.25) is 14.3 Å². The molecule has 10 nitrogen and oxygen atoms in total. The number of nitrogens with zero attached hydrogens (tertiary/aromatic N) is 4. The maximum absolute atomic E-state index is 11.9. The lowest BCUT2D eigenvalue weighted by atomic mass is 9.96. The number of hydrogen-bond donors (Lipinski definition) is 2. The largest absolute Gasteiger partial charge is 0.483 e. The molecule has 2 N–H and O–H groups in total. The fourth-order valence-corrected chi connectivity index (χ4v) is 3.40. The van der Waals surface area contributed by atoms with E-state index in [-0.39, 0.29) is 18.5 Å². The predicted octanol–water partition coefficient (Wildman–Crippen LogP) is 0.00270. The Morgan fingerprint density at radius 2 is 2.11 bits per heavy atom. The van der Waals surface area contributed by atoms with Gasteiger partial charge in [-0.1, -0.05) is 0 Å². The van der Waals surface area contributed by atoms with Crippen molar-refractivity contribution < 1.29 is 24.2 Å². The SMILES string of the molecule is O=C(CCCn1cncn1)NCC1CCN(CC2COCCO2)CC1.O=CO. The van der Waals surface area contributed by atoms with E-state index in [9.17, 15) is 4.79 Å². The number of carboxylic acid groups (broad SMARTS) is 1. The number of aryl methyl sites for hydroxylation is 1. The van der Waals surface area contributed by atoms with E-state index in [0.717, 1.165) is 58.6 Å². The van der Waals surface area contributed by atoms with Crippen molar-refractivity contribution in [1.82, 2.24) is 25.0 Å². The van der Waals surface area contributed by atoms with Crippen LogP contribution in [0, 0.1) is 5.92 Å². The molecule has 0 aliphatic carbocycles. The Bertz CT molecular complexity index is 543. The molecule has 2 saturated heterocycles. The van der Waals surface area contributed by atoms with Crippen molar-refractivity contribution in [3.05, 3.63) is 12.7 Å². The highest BCUT2D eigenvalue weighted by Crippen LogP contribution is 2.17. The van der Waals surface area contributed by atoms with Crippen LogP contribution in [-0.4, -0.2) is 89.3 Å². The lowest BCUT2D eigenvalue weighted by Crippen LogP contribution is -2.44. The van der Waals surface area contributed by atoms with E-state index in [0.29, 0.717) is 25.6 Å². The zero-order valence-electron chi connectivity index (χ0n) is 16.2. The smallest absolute Gasteiger partial charge is 0.290 e. The first-order chi connectivity index (χ1) is 13.7.